The molecule has 1 aliphatic heterocycles. The van der Waals surface area contributed by atoms with Crippen molar-refractivity contribution in [2.75, 3.05) is 19.7 Å². The highest BCUT2D eigenvalue weighted by Gasteiger charge is 2.36. The first kappa shape index (κ1) is 25.0. The van der Waals surface area contributed by atoms with Crippen molar-refractivity contribution in [2.45, 2.75) is 45.5 Å². The van der Waals surface area contributed by atoms with Gasteiger partial charge in [0.25, 0.3) is 0 Å². The summed E-state index contributed by atoms with van der Waals surface area (Å²) >= 11 is 0. The Morgan fingerprint density at radius 1 is 1.06 bits per heavy atom. The third-order valence-electron chi connectivity index (χ3n) is 7.03. The molecule has 2 heterocycles. The SMILES string of the molecule is Cc1ncc(CN2CCC(CO)(Cc3cccc(C(F)(F)F)c3)CC2)n1Cc1ccc(C#N)cc1. The number of piperidine rings is 1. The Bertz CT molecular complexity index is 1190. The average Bonchev–Trinajstić information content (AvgIpc) is 3.19. The number of hydrogen-bond acceptors (Lipinski definition) is 4. The van der Waals surface area contributed by atoms with Crippen LogP contribution in [-0.4, -0.2) is 39.3 Å². The minimum atomic E-state index is -4.37. The van der Waals surface area contributed by atoms with Crippen LogP contribution in [0.3, 0.4) is 0 Å². The van der Waals surface area contributed by atoms with Gasteiger partial charge in [0.2, 0.25) is 0 Å². The van der Waals surface area contributed by atoms with Gasteiger partial charge in [0, 0.05) is 25.9 Å². The summed E-state index contributed by atoms with van der Waals surface area (Å²) in [6, 6.07) is 15.1. The maximum absolute atomic E-state index is 13.1. The van der Waals surface area contributed by atoms with E-state index >= 15 is 0 Å². The molecular weight excluding hydrogens is 453 g/mol. The molecule has 2 aromatic carbocycles. The van der Waals surface area contributed by atoms with Crippen molar-refractivity contribution in [1.29, 1.82) is 5.26 Å². The van der Waals surface area contributed by atoms with Crippen LogP contribution < -0.4 is 0 Å². The molecule has 4 rings (SSSR count). The van der Waals surface area contributed by atoms with Crippen molar-refractivity contribution in [1.82, 2.24) is 14.5 Å². The van der Waals surface area contributed by atoms with E-state index in [1.807, 2.05) is 37.4 Å². The Morgan fingerprint density at radius 3 is 2.40 bits per heavy atom. The lowest BCUT2D eigenvalue weighted by molar-refractivity contribution is -0.137. The number of benzene rings is 2. The summed E-state index contributed by atoms with van der Waals surface area (Å²) in [6.45, 7) is 4.79. The Hall–Kier alpha value is -3.15. The Morgan fingerprint density at radius 2 is 1.77 bits per heavy atom. The number of rotatable bonds is 7. The van der Waals surface area contributed by atoms with E-state index in [0.29, 0.717) is 43.5 Å². The number of nitriles is 1. The molecule has 0 amide bonds. The van der Waals surface area contributed by atoms with E-state index < -0.39 is 17.2 Å². The smallest absolute Gasteiger partial charge is 0.396 e. The van der Waals surface area contributed by atoms with Crippen LogP contribution in [0.1, 0.15) is 46.6 Å². The minimum absolute atomic E-state index is 0.0488. The van der Waals surface area contributed by atoms with Crippen LogP contribution in [0.25, 0.3) is 0 Å². The fourth-order valence-corrected chi connectivity index (χ4v) is 4.82. The predicted octanol–water partition coefficient (Wildman–Crippen LogP) is 4.95. The molecule has 1 aromatic heterocycles. The van der Waals surface area contributed by atoms with Crippen LogP contribution in [0.4, 0.5) is 13.2 Å². The second-order valence-electron chi connectivity index (χ2n) is 9.50. The zero-order valence-electron chi connectivity index (χ0n) is 19.7. The summed E-state index contributed by atoms with van der Waals surface area (Å²) in [6.07, 6.45) is -0.637. The average molecular weight is 483 g/mol. The van der Waals surface area contributed by atoms with Gasteiger partial charge in [0.1, 0.15) is 5.82 Å². The van der Waals surface area contributed by atoms with Crippen LogP contribution in [0.2, 0.25) is 0 Å². The topological polar surface area (TPSA) is 65.1 Å². The molecule has 0 saturated carbocycles. The van der Waals surface area contributed by atoms with Crippen molar-refractivity contribution >= 4 is 0 Å². The first-order valence-corrected chi connectivity index (χ1v) is 11.7. The summed E-state index contributed by atoms with van der Waals surface area (Å²) in [5, 5.41) is 19.2. The minimum Gasteiger partial charge on any atom is -0.396 e. The summed E-state index contributed by atoms with van der Waals surface area (Å²) < 4.78 is 41.5. The normalized spacial score (nSPS) is 16.2. The van der Waals surface area contributed by atoms with Crippen LogP contribution in [-0.2, 0) is 25.7 Å². The van der Waals surface area contributed by atoms with E-state index in [2.05, 4.69) is 20.5 Å². The van der Waals surface area contributed by atoms with E-state index in [1.165, 1.54) is 12.1 Å². The van der Waals surface area contributed by atoms with Crippen molar-refractivity contribution in [3.8, 4) is 6.07 Å². The van der Waals surface area contributed by atoms with Gasteiger partial charge in [-0.05, 0) is 74.0 Å². The van der Waals surface area contributed by atoms with Gasteiger partial charge in [-0.25, -0.2) is 4.98 Å². The molecule has 0 aliphatic carbocycles. The maximum Gasteiger partial charge on any atom is 0.416 e. The molecule has 3 aromatic rings. The second-order valence-corrected chi connectivity index (χ2v) is 9.50. The summed E-state index contributed by atoms with van der Waals surface area (Å²) in [7, 11) is 0. The second kappa shape index (κ2) is 10.2. The van der Waals surface area contributed by atoms with Crippen LogP contribution in [0.15, 0.2) is 54.7 Å². The molecule has 1 fully saturated rings. The summed E-state index contributed by atoms with van der Waals surface area (Å²) in [4.78, 5) is 6.80. The molecule has 0 spiro atoms. The Labute approximate surface area is 203 Å². The summed E-state index contributed by atoms with van der Waals surface area (Å²) in [5.74, 6) is 0.913. The van der Waals surface area contributed by atoms with Gasteiger partial charge in [-0.15, -0.1) is 0 Å². The lowest BCUT2D eigenvalue weighted by Crippen LogP contribution is -2.43. The lowest BCUT2D eigenvalue weighted by Gasteiger charge is -2.41. The fourth-order valence-electron chi connectivity index (χ4n) is 4.82. The number of aryl methyl sites for hydroxylation is 1. The number of aliphatic hydroxyl groups is 1. The number of nitrogens with zero attached hydrogens (tertiary/aromatic N) is 4. The van der Waals surface area contributed by atoms with Crippen molar-refractivity contribution in [3.05, 3.63) is 88.5 Å². The molecule has 0 unspecified atom stereocenters. The number of aliphatic hydroxyl groups excluding tert-OH is 1. The molecule has 1 saturated heterocycles. The Balaban J connectivity index is 1.40. The monoisotopic (exact) mass is 482 g/mol. The van der Waals surface area contributed by atoms with Gasteiger partial charge in [0.05, 0.1) is 22.9 Å². The quantitative estimate of drug-likeness (QED) is 0.518. The van der Waals surface area contributed by atoms with Gasteiger partial charge in [-0.1, -0.05) is 30.3 Å². The van der Waals surface area contributed by atoms with Gasteiger partial charge in [-0.3, -0.25) is 4.90 Å². The molecule has 5 nitrogen and oxygen atoms in total. The molecule has 0 bridgehead atoms. The zero-order chi connectivity index (χ0) is 25.1. The fraction of sp³-hybridized carbons (Fsp3) is 0.407. The molecule has 184 valence electrons. The molecule has 0 atom stereocenters. The predicted molar refractivity (Wildman–Crippen MR) is 126 cm³/mol. The van der Waals surface area contributed by atoms with E-state index in [0.717, 1.165) is 36.2 Å². The largest absolute Gasteiger partial charge is 0.416 e. The number of aromatic nitrogens is 2. The lowest BCUT2D eigenvalue weighted by atomic mass is 9.74. The highest BCUT2D eigenvalue weighted by molar-refractivity contribution is 5.32. The highest BCUT2D eigenvalue weighted by atomic mass is 19.4. The molecule has 0 radical (unpaired) electrons. The first-order valence-electron chi connectivity index (χ1n) is 11.7. The summed E-state index contributed by atoms with van der Waals surface area (Å²) in [5.41, 5.74) is 2.35. The molecule has 35 heavy (non-hydrogen) atoms. The van der Waals surface area contributed by atoms with E-state index in [4.69, 9.17) is 5.26 Å². The number of likely N-dealkylation sites (tertiary alicyclic amines) is 1. The van der Waals surface area contributed by atoms with Crippen LogP contribution in [0.5, 0.6) is 0 Å². The zero-order valence-corrected chi connectivity index (χ0v) is 19.7. The van der Waals surface area contributed by atoms with Crippen LogP contribution in [0, 0.1) is 23.7 Å². The number of alkyl halides is 3. The number of hydrogen-bond donors (Lipinski definition) is 1. The highest BCUT2D eigenvalue weighted by Crippen LogP contribution is 2.37. The third kappa shape index (κ3) is 5.92. The molecule has 1 aliphatic rings. The molecular formula is C27H29F3N4O. The van der Waals surface area contributed by atoms with E-state index in [-0.39, 0.29) is 6.61 Å². The van der Waals surface area contributed by atoms with Crippen molar-refractivity contribution in [2.24, 2.45) is 5.41 Å². The van der Waals surface area contributed by atoms with Gasteiger partial charge in [-0.2, -0.15) is 18.4 Å². The number of imidazole rings is 1. The molecule has 1 N–H and O–H groups in total. The molecule has 8 heteroatoms. The number of halogens is 3. The van der Waals surface area contributed by atoms with Crippen molar-refractivity contribution in [3.63, 3.8) is 0 Å². The van der Waals surface area contributed by atoms with Gasteiger partial charge < -0.3 is 9.67 Å². The van der Waals surface area contributed by atoms with Crippen molar-refractivity contribution < 1.29 is 18.3 Å². The van der Waals surface area contributed by atoms with Crippen LogP contribution >= 0.6 is 0 Å². The standard InChI is InChI=1S/C27H29F3N4O/c1-20-32-16-25(34(20)17-22-7-5-21(15-31)6-8-22)18-33-11-9-26(19-35,10-12-33)14-23-3-2-4-24(13-23)27(28,29)30/h2-8,13,16,35H,9-12,14,17-19H2,1H3. The maximum atomic E-state index is 13.1. The van der Waals surface area contributed by atoms with E-state index in [9.17, 15) is 18.3 Å². The van der Waals surface area contributed by atoms with E-state index in [1.54, 1.807) is 6.07 Å². The van der Waals surface area contributed by atoms with Gasteiger partial charge in [0.15, 0.2) is 0 Å². The van der Waals surface area contributed by atoms with Gasteiger partial charge >= 0.3 is 6.18 Å². The first-order chi connectivity index (χ1) is 16.7. The Kier molecular flexibility index (Phi) is 7.29. The third-order valence-corrected chi connectivity index (χ3v) is 7.03.